The summed E-state index contributed by atoms with van der Waals surface area (Å²) in [5.74, 6) is -0.872. The van der Waals surface area contributed by atoms with Gasteiger partial charge in [0, 0.05) is 6.20 Å². The zero-order valence-corrected chi connectivity index (χ0v) is 9.30. The normalized spacial score (nSPS) is 10.1. The highest BCUT2D eigenvalue weighted by Gasteiger charge is 2.07. The highest BCUT2D eigenvalue weighted by molar-refractivity contribution is 5.72. The van der Waals surface area contributed by atoms with Crippen LogP contribution in [-0.2, 0) is 4.79 Å². The lowest BCUT2D eigenvalue weighted by atomic mass is 10.2. The molecule has 0 bridgehead atoms. The smallest absolute Gasteiger partial charge is 0.322 e. The summed E-state index contributed by atoms with van der Waals surface area (Å²) in [6.07, 6.45) is 1.44. The number of aliphatic carboxylic acids is 1. The van der Waals surface area contributed by atoms with Gasteiger partial charge in [0.2, 0.25) is 0 Å². The summed E-state index contributed by atoms with van der Waals surface area (Å²) < 4.78 is 13.5. The van der Waals surface area contributed by atoms with Crippen molar-refractivity contribution in [1.82, 2.24) is 9.97 Å². The summed E-state index contributed by atoms with van der Waals surface area (Å²) in [7, 11) is 0. The maximum atomic E-state index is 13.5. The number of carbonyl (C=O) groups is 1. The summed E-state index contributed by atoms with van der Waals surface area (Å²) in [6, 6.07) is 7.65. The molecule has 0 spiro atoms. The van der Waals surface area contributed by atoms with Crippen molar-refractivity contribution in [2.75, 3.05) is 11.9 Å². The van der Waals surface area contributed by atoms with Crippen LogP contribution in [0.3, 0.4) is 0 Å². The van der Waals surface area contributed by atoms with Crippen molar-refractivity contribution in [3.05, 3.63) is 42.3 Å². The van der Waals surface area contributed by atoms with Crippen molar-refractivity contribution < 1.29 is 14.3 Å². The van der Waals surface area contributed by atoms with Crippen LogP contribution in [-0.4, -0.2) is 27.6 Å². The Bertz CT molecular complexity index is 575. The van der Waals surface area contributed by atoms with Crippen molar-refractivity contribution in [2.45, 2.75) is 0 Å². The SMILES string of the molecule is O=C(O)CNc1ccnc(-c2ccccc2F)n1. The van der Waals surface area contributed by atoms with Gasteiger partial charge in [0.25, 0.3) is 0 Å². The van der Waals surface area contributed by atoms with Gasteiger partial charge in [-0.25, -0.2) is 14.4 Å². The van der Waals surface area contributed by atoms with Crippen LogP contribution in [0.4, 0.5) is 10.2 Å². The summed E-state index contributed by atoms with van der Waals surface area (Å²) in [5.41, 5.74) is 0.275. The zero-order chi connectivity index (χ0) is 13.0. The van der Waals surface area contributed by atoms with E-state index in [2.05, 4.69) is 15.3 Å². The number of rotatable bonds is 4. The van der Waals surface area contributed by atoms with Gasteiger partial charge < -0.3 is 10.4 Å². The predicted octanol–water partition coefficient (Wildman–Crippen LogP) is 1.78. The Kier molecular flexibility index (Phi) is 3.47. The van der Waals surface area contributed by atoms with Crippen molar-refractivity contribution in [3.8, 4) is 11.4 Å². The number of hydrogen-bond donors (Lipinski definition) is 2. The number of anilines is 1. The molecule has 1 aromatic heterocycles. The molecular weight excluding hydrogens is 237 g/mol. The summed E-state index contributed by atoms with van der Waals surface area (Å²) in [6.45, 7) is -0.256. The molecule has 92 valence electrons. The van der Waals surface area contributed by atoms with E-state index in [1.807, 2.05) is 0 Å². The van der Waals surface area contributed by atoms with E-state index in [-0.39, 0.29) is 17.9 Å². The lowest BCUT2D eigenvalue weighted by Crippen LogP contribution is -2.13. The Morgan fingerprint density at radius 3 is 2.83 bits per heavy atom. The molecule has 18 heavy (non-hydrogen) atoms. The highest BCUT2D eigenvalue weighted by atomic mass is 19.1. The molecule has 0 radical (unpaired) electrons. The minimum Gasteiger partial charge on any atom is -0.480 e. The number of nitrogens with one attached hydrogen (secondary N) is 1. The molecule has 0 amide bonds. The molecule has 1 heterocycles. The molecule has 0 aliphatic rings. The van der Waals surface area contributed by atoms with Crippen molar-refractivity contribution >= 4 is 11.8 Å². The second-order valence-electron chi connectivity index (χ2n) is 3.49. The Labute approximate surface area is 102 Å². The Hall–Kier alpha value is -2.50. The molecule has 0 fully saturated rings. The third-order valence-corrected chi connectivity index (χ3v) is 2.19. The van der Waals surface area contributed by atoms with E-state index in [0.717, 1.165) is 0 Å². The number of nitrogens with zero attached hydrogens (tertiary/aromatic N) is 2. The summed E-state index contributed by atoms with van der Waals surface area (Å²) in [5, 5.41) is 11.1. The molecule has 0 unspecified atom stereocenters. The molecule has 2 N–H and O–H groups in total. The molecule has 2 aromatic rings. The maximum absolute atomic E-state index is 13.5. The van der Waals surface area contributed by atoms with E-state index in [1.54, 1.807) is 18.2 Å². The highest BCUT2D eigenvalue weighted by Crippen LogP contribution is 2.19. The van der Waals surface area contributed by atoms with Crippen LogP contribution in [0, 0.1) is 5.82 Å². The van der Waals surface area contributed by atoms with E-state index in [9.17, 15) is 9.18 Å². The monoisotopic (exact) mass is 247 g/mol. The van der Waals surface area contributed by atoms with Crippen molar-refractivity contribution in [3.63, 3.8) is 0 Å². The molecular formula is C12H10FN3O2. The first-order valence-electron chi connectivity index (χ1n) is 5.20. The van der Waals surface area contributed by atoms with Gasteiger partial charge in [-0.1, -0.05) is 12.1 Å². The fourth-order valence-electron chi connectivity index (χ4n) is 1.40. The predicted molar refractivity (Wildman–Crippen MR) is 63.6 cm³/mol. The number of halogens is 1. The van der Waals surface area contributed by atoms with Gasteiger partial charge in [-0.3, -0.25) is 4.79 Å². The molecule has 5 nitrogen and oxygen atoms in total. The minimum absolute atomic E-state index is 0.212. The van der Waals surface area contributed by atoms with Gasteiger partial charge in [0.1, 0.15) is 18.2 Å². The molecule has 0 aliphatic heterocycles. The van der Waals surface area contributed by atoms with E-state index in [1.165, 1.54) is 18.3 Å². The van der Waals surface area contributed by atoms with Crippen LogP contribution in [0.15, 0.2) is 36.5 Å². The third-order valence-electron chi connectivity index (χ3n) is 2.19. The minimum atomic E-state index is -0.999. The molecule has 0 saturated carbocycles. The van der Waals surface area contributed by atoms with Gasteiger partial charge in [-0.15, -0.1) is 0 Å². The average Bonchev–Trinajstić information content (AvgIpc) is 2.37. The molecule has 2 rings (SSSR count). The van der Waals surface area contributed by atoms with E-state index in [0.29, 0.717) is 5.82 Å². The first kappa shape index (κ1) is 12.0. The third kappa shape index (κ3) is 2.79. The molecule has 6 heteroatoms. The van der Waals surface area contributed by atoms with E-state index in [4.69, 9.17) is 5.11 Å². The van der Waals surface area contributed by atoms with Crippen molar-refractivity contribution in [2.24, 2.45) is 0 Å². The topological polar surface area (TPSA) is 75.1 Å². The summed E-state index contributed by atoms with van der Waals surface area (Å²) >= 11 is 0. The van der Waals surface area contributed by atoms with Crippen LogP contribution in [0.1, 0.15) is 0 Å². The fraction of sp³-hybridized carbons (Fsp3) is 0.0833. The fourth-order valence-corrected chi connectivity index (χ4v) is 1.40. The van der Waals surface area contributed by atoms with Crippen LogP contribution >= 0.6 is 0 Å². The van der Waals surface area contributed by atoms with Gasteiger partial charge in [0.15, 0.2) is 5.82 Å². The number of carboxylic acids is 1. The lowest BCUT2D eigenvalue weighted by molar-refractivity contribution is -0.134. The second kappa shape index (κ2) is 5.22. The molecule has 0 atom stereocenters. The molecule has 0 aliphatic carbocycles. The number of benzene rings is 1. The first-order valence-corrected chi connectivity index (χ1v) is 5.20. The van der Waals surface area contributed by atoms with Crippen LogP contribution in [0.25, 0.3) is 11.4 Å². The average molecular weight is 247 g/mol. The lowest BCUT2D eigenvalue weighted by Gasteiger charge is -2.05. The van der Waals surface area contributed by atoms with Gasteiger partial charge in [-0.05, 0) is 18.2 Å². The van der Waals surface area contributed by atoms with Crippen LogP contribution in [0.2, 0.25) is 0 Å². The number of aromatic nitrogens is 2. The Balaban J connectivity index is 2.27. The number of carboxylic acid groups (broad SMARTS) is 1. The van der Waals surface area contributed by atoms with Gasteiger partial charge in [0.05, 0.1) is 5.56 Å². The zero-order valence-electron chi connectivity index (χ0n) is 9.30. The van der Waals surface area contributed by atoms with E-state index >= 15 is 0 Å². The molecule has 0 saturated heterocycles. The second-order valence-corrected chi connectivity index (χ2v) is 3.49. The van der Waals surface area contributed by atoms with Crippen LogP contribution < -0.4 is 5.32 Å². The van der Waals surface area contributed by atoms with Gasteiger partial charge in [-0.2, -0.15) is 0 Å². The first-order chi connectivity index (χ1) is 8.66. The van der Waals surface area contributed by atoms with E-state index < -0.39 is 11.8 Å². The largest absolute Gasteiger partial charge is 0.480 e. The van der Waals surface area contributed by atoms with Crippen LogP contribution in [0.5, 0.6) is 0 Å². The summed E-state index contributed by atoms with van der Waals surface area (Å²) in [4.78, 5) is 18.4. The molecule has 1 aromatic carbocycles. The number of hydrogen-bond acceptors (Lipinski definition) is 4. The quantitative estimate of drug-likeness (QED) is 0.861. The standard InChI is InChI=1S/C12H10FN3O2/c13-9-4-2-1-3-8(9)12-14-6-5-10(16-12)15-7-11(17)18/h1-6H,7H2,(H,17,18)(H,14,15,16). The van der Waals surface area contributed by atoms with Gasteiger partial charge >= 0.3 is 5.97 Å². The Morgan fingerprint density at radius 2 is 2.11 bits per heavy atom. The maximum Gasteiger partial charge on any atom is 0.322 e. The Morgan fingerprint density at radius 1 is 1.33 bits per heavy atom. The van der Waals surface area contributed by atoms with Crippen molar-refractivity contribution in [1.29, 1.82) is 0 Å².